The van der Waals surface area contributed by atoms with Crippen LogP contribution < -0.4 is 5.11 Å². The molecule has 20 heavy (non-hydrogen) atoms. The summed E-state index contributed by atoms with van der Waals surface area (Å²) in [6.45, 7) is 0.137. The minimum Gasteiger partial charge on any atom is -0.548 e. The highest BCUT2D eigenvalue weighted by atomic mass is 32.2. The number of rotatable bonds is 4. The fourth-order valence-electron chi connectivity index (χ4n) is 2.24. The lowest BCUT2D eigenvalue weighted by atomic mass is 10.2. The molecule has 0 bridgehead atoms. The molecule has 1 aromatic rings. The number of nitroso groups, excluding NO2 is 1. The third-order valence-electron chi connectivity index (χ3n) is 3.26. The quantitative estimate of drug-likeness (QED) is 0.706. The first kappa shape index (κ1) is 14.6. The lowest BCUT2D eigenvalue weighted by Gasteiger charge is -2.24. The van der Waals surface area contributed by atoms with Gasteiger partial charge in [0, 0.05) is 28.3 Å². The van der Waals surface area contributed by atoms with Crippen molar-refractivity contribution in [1.29, 1.82) is 0 Å². The summed E-state index contributed by atoms with van der Waals surface area (Å²) in [7, 11) is -2.69. The molecule has 0 aromatic heterocycles. The van der Waals surface area contributed by atoms with Crippen LogP contribution in [0.2, 0.25) is 0 Å². The second-order valence-electron chi connectivity index (χ2n) is 4.59. The lowest BCUT2D eigenvalue weighted by molar-refractivity contribution is -0.428. The van der Waals surface area contributed by atoms with E-state index in [1.165, 1.54) is 31.3 Å². The van der Waals surface area contributed by atoms with Gasteiger partial charge >= 0.3 is 0 Å². The fraction of sp³-hybridized carbons (Fsp3) is 0.417. The molecule has 0 N–H and O–H groups in total. The summed E-state index contributed by atoms with van der Waals surface area (Å²) in [6.07, 6.45) is 0.710. The maximum Gasteiger partial charge on any atom is 0.256 e. The average Bonchev–Trinajstić information content (AvgIpc) is 2.89. The van der Waals surface area contributed by atoms with E-state index < -0.39 is 22.0 Å². The SMILES string of the molecule is C[N+](=O)c1cccc(S(=O)(=O)N2CCC[C@@H]2C(=O)[O-])c1. The Bertz CT molecular complexity index is 656. The monoisotopic (exact) mass is 298 g/mol. The summed E-state index contributed by atoms with van der Waals surface area (Å²) in [5.74, 6) is -1.40. The van der Waals surface area contributed by atoms with Gasteiger partial charge in [-0.2, -0.15) is 4.31 Å². The smallest absolute Gasteiger partial charge is 0.256 e. The molecule has 0 amide bonds. The number of nitrogens with zero attached hydrogens (tertiary/aromatic N) is 2. The molecule has 1 heterocycles. The van der Waals surface area contributed by atoms with Gasteiger partial charge in [0.15, 0.2) is 7.05 Å². The molecule has 7 nitrogen and oxygen atoms in total. The summed E-state index contributed by atoms with van der Waals surface area (Å²) in [5.41, 5.74) is 0.190. The van der Waals surface area contributed by atoms with Gasteiger partial charge in [0.25, 0.3) is 5.69 Å². The van der Waals surface area contributed by atoms with Crippen molar-refractivity contribution in [3.05, 3.63) is 29.2 Å². The summed E-state index contributed by atoms with van der Waals surface area (Å²) in [5, 5.41) is 11.0. The number of carbonyl (C=O) groups excluding carboxylic acids is 1. The van der Waals surface area contributed by atoms with E-state index in [9.17, 15) is 23.2 Å². The van der Waals surface area contributed by atoms with Crippen LogP contribution in [0.25, 0.3) is 0 Å². The van der Waals surface area contributed by atoms with Crippen LogP contribution in [0, 0.1) is 4.91 Å². The van der Waals surface area contributed by atoms with Crippen molar-refractivity contribution in [2.24, 2.45) is 0 Å². The maximum atomic E-state index is 12.4. The van der Waals surface area contributed by atoms with Gasteiger partial charge in [-0.25, -0.2) is 8.42 Å². The average molecular weight is 298 g/mol. The molecule has 0 aliphatic carbocycles. The van der Waals surface area contributed by atoms with E-state index in [1.54, 1.807) is 0 Å². The predicted molar refractivity (Wildman–Crippen MR) is 67.6 cm³/mol. The van der Waals surface area contributed by atoms with Crippen LogP contribution in [0.5, 0.6) is 0 Å². The summed E-state index contributed by atoms with van der Waals surface area (Å²) in [6, 6.07) is 4.35. The summed E-state index contributed by atoms with van der Waals surface area (Å²) < 4.78 is 26.3. The Hall–Kier alpha value is -1.80. The molecule has 0 radical (unpaired) electrons. The minimum absolute atomic E-state index is 0.0918. The Morgan fingerprint density at radius 2 is 2.15 bits per heavy atom. The summed E-state index contributed by atoms with van der Waals surface area (Å²) >= 11 is 0. The molecule has 1 atom stereocenters. The number of sulfonamides is 1. The number of hydrogen-bond donors (Lipinski definition) is 0. The molecule has 0 spiro atoms. The van der Waals surface area contributed by atoms with Crippen molar-refractivity contribution in [2.45, 2.75) is 23.8 Å². The van der Waals surface area contributed by atoms with Crippen LogP contribution in [0.3, 0.4) is 0 Å². The van der Waals surface area contributed by atoms with Gasteiger partial charge in [-0.15, -0.1) is 0 Å². The second-order valence-corrected chi connectivity index (χ2v) is 6.48. The maximum absolute atomic E-state index is 12.4. The van der Waals surface area contributed by atoms with Crippen molar-refractivity contribution < 1.29 is 23.1 Å². The van der Waals surface area contributed by atoms with Gasteiger partial charge in [0.05, 0.1) is 16.9 Å². The Kier molecular flexibility index (Phi) is 3.87. The molecular weight excluding hydrogens is 284 g/mol. The minimum atomic E-state index is -3.94. The predicted octanol–water partition coefficient (Wildman–Crippen LogP) is -0.370. The van der Waals surface area contributed by atoms with Crippen LogP contribution >= 0.6 is 0 Å². The van der Waals surface area contributed by atoms with E-state index in [0.29, 0.717) is 11.2 Å². The van der Waals surface area contributed by atoms with E-state index in [4.69, 9.17) is 0 Å². The largest absolute Gasteiger partial charge is 0.548 e. The van der Waals surface area contributed by atoms with Gasteiger partial charge in [-0.3, -0.25) is 0 Å². The zero-order valence-corrected chi connectivity index (χ0v) is 11.7. The molecule has 108 valence electrons. The highest BCUT2D eigenvalue weighted by Crippen LogP contribution is 2.27. The van der Waals surface area contributed by atoms with E-state index in [1.807, 2.05) is 0 Å². The Balaban J connectivity index is 2.42. The fourth-order valence-corrected chi connectivity index (χ4v) is 3.93. The molecule has 1 aliphatic rings. The van der Waals surface area contributed by atoms with Crippen molar-refractivity contribution >= 4 is 21.7 Å². The Labute approximate surface area is 116 Å². The molecule has 0 saturated carbocycles. The van der Waals surface area contributed by atoms with E-state index in [-0.39, 0.29) is 23.5 Å². The van der Waals surface area contributed by atoms with E-state index in [0.717, 1.165) is 4.31 Å². The molecule has 1 fully saturated rings. The van der Waals surface area contributed by atoms with Crippen LogP contribution in [-0.2, 0) is 14.8 Å². The molecule has 1 saturated heterocycles. The topological polar surface area (TPSA) is 97.6 Å². The van der Waals surface area contributed by atoms with Crippen molar-refractivity contribution in [3.63, 3.8) is 0 Å². The lowest BCUT2D eigenvalue weighted by Crippen LogP contribution is -2.46. The third-order valence-corrected chi connectivity index (χ3v) is 5.17. The third kappa shape index (κ3) is 2.56. The number of aliphatic carboxylic acids is 1. The zero-order chi connectivity index (χ0) is 14.9. The molecule has 2 rings (SSSR count). The van der Waals surface area contributed by atoms with E-state index in [2.05, 4.69) is 0 Å². The number of benzene rings is 1. The normalized spacial score (nSPS) is 19.9. The molecule has 1 aliphatic heterocycles. The van der Waals surface area contributed by atoms with Gasteiger partial charge in [0.1, 0.15) is 0 Å². The first-order chi connectivity index (χ1) is 9.34. The number of hydrogen-bond acceptors (Lipinski definition) is 5. The Morgan fingerprint density at radius 1 is 1.45 bits per heavy atom. The van der Waals surface area contributed by atoms with Gasteiger partial charge in [-0.1, -0.05) is 6.07 Å². The van der Waals surface area contributed by atoms with Crippen molar-refractivity contribution in [2.75, 3.05) is 13.6 Å². The van der Waals surface area contributed by atoms with Crippen LogP contribution in [0.15, 0.2) is 29.2 Å². The van der Waals surface area contributed by atoms with Crippen molar-refractivity contribution in [1.82, 2.24) is 4.31 Å². The number of carboxylic acid groups (broad SMARTS) is 1. The molecular formula is C12H14N2O5S. The van der Waals surface area contributed by atoms with Crippen LogP contribution in [0.1, 0.15) is 12.8 Å². The highest BCUT2D eigenvalue weighted by Gasteiger charge is 2.36. The van der Waals surface area contributed by atoms with Crippen LogP contribution in [0.4, 0.5) is 5.69 Å². The highest BCUT2D eigenvalue weighted by molar-refractivity contribution is 7.89. The molecule has 1 aromatic carbocycles. The van der Waals surface area contributed by atoms with E-state index >= 15 is 0 Å². The number of carboxylic acids is 1. The van der Waals surface area contributed by atoms with Gasteiger partial charge in [-0.05, 0) is 18.9 Å². The van der Waals surface area contributed by atoms with Crippen LogP contribution in [-0.4, -0.2) is 43.1 Å². The Morgan fingerprint density at radius 3 is 2.75 bits per heavy atom. The molecule has 0 unspecified atom stereocenters. The standard InChI is InChI=1S/C12H14N2O5S/c1-13(17)9-4-2-5-10(8-9)20(18,19)14-7-3-6-11(14)12(15)16/h2,4-5,8,11H,3,6-7H2,1H3/t11-/m1/s1. The van der Waals surface area contributed by atoms with Crippen molar-refractivity contribution in [3.8, 4) is 0 Å². The first-order valence-electron chi connectivity index (χ1n) is 6.07. The number of carbonyl (C=O) groups is 1. The zero-order valence-electron chi connectivity index (χ0n) is 10.9. The first-order valence-corrected chi connectivity index (χ1v) is 7.51. The van der Waals surface area contributed by atoms with Gasteiger partial charge < -0.3 is 9.90 Å². The molecule has 8 heteroatoms. The van der Waals surface area contributed by atoms with Gasteiger partial charge in [0.2, 0.25) is 10.0 Å². The summed E-state index contributed by atoms with van der Waals surface area (Å²) in [4.78, 5) is 22.1. The second kappa shape index (κ2) is 5.29.